The second kappa shape index (κ2) is 4.21. The Morgan fingerprint density at radius 3 is 2.77 bits per heavy atom. The van der Waals surface area contributed by atoms with E-state index in [1.165, 1.54) is 11.3 Å². The van der Waals surface area contributed by atoms with Gasteiger partial charge in [0, 0.05) is 6.54 Å². The summed E-state index contributed by atoms with van der Waals surface area (Å²) in [5.41, 5.74) is 0.870. The van der Waals surface area contributed by atoms with Gasteiger partial charge in [0.15, 0.2) is 9.84 Å². The van der Waals surface area contributed by atoms with E-state index in [1.807, 2.05) is 11.4 Å². The molecule has 0 fully saturated rings. The predicted molar refractivity (Wildman–Crippen MR) is 54.8 cm³/mol. The molecule has 0 amide bonds. The minimum absolute atomic E-state index is 0.171. The van der Waals surface area contributed by atoms with Crippen molar-refractivity contribution in [3.63, 3.8) is 0 Å². The van der Waals surface area contributed by atoms with Crippen LogP contribution in [0.25, 0.3) is 0 Å². The third-order valence-electron chi connectivity index (χ3n) is 1.74. The number of hydrogen-bond acceptors (Lipinski definition) is 4. The molecule has 0 aliphatic carbocycles. The summed E-state index contributed by atoms with van der Waals surface area (Å²) >= 11 is 1.29. The highest BCUT2D eigenvalue weighted by Gasteiger charge is 2.17. The number of hydrogen-bond donors (Lipinski definition) is 1. The fourth-order valence-electron chi connectivity index (χ4n) is 1.05. The Hall–Kier alpha value is -0.390. The monoisotopic (exact) mass is 219 g/mol. The van der Waals surface area contributed by atoms with Crippen LogP contribution in [0, 0.1) is 0 Å². The molecule has 74 valence electrons. The molecule has 3 nitrogen and oxygen atoms in total. The molecule has 0 atom stereocenters. The second-order valence-electron chi connectivity index (χ2n) is 2.67. The van der Waals surface area contributed by atoms with Crippen molar-refractivity contribution in [1.29, 1.82) is 0 Å². The van der Waals surface area contributed by atoms with Gasteiger partial charge in [-0.2, -0.15) is 0 Å². The van der Waals surface area contributed by atoms with Gasteiger partial charge >= 0.3 is 0 Å². The molecule has 0 unspecified atom stereocenters. The van der Waals surface area contributed by atoms with Gasteiger partial charge in [-0.1, -0.05) is 6.92 Å². The lowest BCUT2D eigenvalue weighted by Crippen LogP contribution is -2.09. The summed E-state index contributed by atoms with van der Waals surface area (Å²) in [6.45, 7) is 2.27. The van der Waals surface area contributed by atoms with Gasteiger partial charge in [-0.25, -0.2) is 8.42 Å². The molecule has 0 radical (unpaired) electrons. The van der Waals surface area contributed by atoms with Crippen molar-refractivity contribution in [3.05, 3.63) is 17.0 Å². The lowest BCUT2D eigenvalue weighted by molar-refractivity contribution is 0.598. The Morgan fingerprint density at radius 2 is 2.23 bits per heavy atom. The van der Waals surface area contributed by atoms with Gasteiger partial charge in [-0.05, 0) is 24.1 Å². The zero-order valence-electron chi connectivity index (χ0n) is 7.70. The molecule has 0 spiro atoms. The van der Waals surface area contributed by atoms with E-state index in [-0.39, 0.29) is 5.75 Å². The van der Waals surface area contributed by atoms with E-state index in [2.05, 4.69) is 5.32 Å². The standard InChI is InChI=1S/C8H13NO2S2/c1-3-13(10,11)8-7(6-9-2)4-5-12-8/h4-5,9H,3,6H2,1-2H3. The molecule has 0 aromatic carbocycles. The van der Waals surface area contributed by atoms with Crippen molar-refractivity contribution in [2.45, 2.75) is 17.7 Å². The molecule has 1 aromatic rings. The molecule has 0 aliphatic rings. The van der Waals surface area contributed by atoms with Crippen LogP contribution < -0.4 is 5.32 Å². The molecular weight excluding hydrogens is 206 g/mol. The molecule has 1 heterocycles. The Balaban J connectivity index is 3.07. The lowest BCUT2D eigenvalue weighted by atomic mass is 10.3. The molecule has 1 aromatic heterocycles. The molecule has 13 heavy (non-hydrogen) atoms. The summed E-state index contributed by atoms with van der Waals surface area (Å²) in [5.74, 6) is 0.171. The van der Waals surface area contributed by atoms with E-state index >= 15 is 0 Å². The first-order chi connectivity index (χ1) is 6.11. The number of sulfone groups is 1. The van der Waals surface area contributed by atoms with Crippen molar-refractivity contribution in [3.8, 4) is 0 Å². The van der Waals surface area contributed by atoms with E-state index in [0.29, 0.717) is 10.8 Å². The molecule has 0 bridgehead atoms. The number of nitrogens with one attached hydrogen (secondary N) is 1. The van der Waals surface area contributed by atoms with Gasteiger partial charge in [-0.15, -0.1) is 11.3 Å². The third kappa shape index (κ3) is 2.30. The second-order valence-corrected chi connectivity index (χ2v) is 6.06. The first kappa shape index (κ1) is 10.7. The van der Waals surface area contributed by atoms with E-state index in [9.17, 15) is 8.42 Å². The topological polar surface area (TPSA) is 46.2 Å². The summed E-state index contributed by atoms with van der Waals surface area (Å²) in [7, 11) is -1.22. The van der Waals surface area contributed by atoms with Crippen LogP contribution >= 0.6 is 11.3 Å². The van der Waals surface area contributed by atoms with Gasteiger partial charge < -0.3 is 5.32 Å². The van der Waals surface area contributed by atoms with Crippen molar-refractivity contribution in [2.75, 3.05) is 12.8 Å². The van der Waals surface area contributed by atoms with E-state index in [0.717, 1.165) is 5.56 Å². The Bertz CT molecular complexity index is 367. The van der Waals surface area contributed by atoms with E-state index < -0.39 is 9.84 Å². The quantitative estimate of drug-likeness (QED) is 0.829. The van der Waals surface area contributed by atoms with Crippen LogP contribution in [0.15, 0.2) is 15.7 Å². The van der Waals surface area contributed by atoms with Crippen LogP contribution in [-0.2, 0) is 16.4 Å². The van der Waals surface area contributed by atoms with Crippen LogP contribution in [-0.4, -0.2) is 21.2 Å². The normalized spacial score (nSPS) is 11.8. The maximum atomic E-state index is 11.5. The molecule has 0 saturated carbocycles. The molecule has 0 aliphatic heterocycles. The van der Waals surface area contributed by atoms with Gasteiger partial charge in [0.2, 0.25) is 0 Å². The van der Waals surface area contributed by atoms with Crippen LogP contribution in [0.3, 0.4) is 0 Å². The van der Waals surface area contributed by atoms with Crippen molar-refractivity contribution >= 4 is 21.2 Å². The van der Waals surface area contributed by atoms with Crippen LogP contribution in [0.2, 0.25) is 0 Å². The molecule has 0 saturated heterocycles. The number of rotatable bonds is 4. The van der Waals surface area contributed by atoms with Crippen molar-refractivity contribution < 1.29 is 8.42 Å². The average Bonchev–Trinajstić information content (AvgIpc) is 2.54. The Kier molecular flexibility index (Phi) is 3.47. The van der Waals surface area contributed by atoms with E-state index in [1.54, 1.807) is 14.0 Å². The third-order valence-corrected chi connectivity index (χ3v) is 5.12. The van der Waals surface area contributed by atoms with Gasteiger partial charge in [0.1, 0.15) is 4.21 Å². The molecular formula is C8H13NO2S2. The predicted octanol–water partition coefficient (Wildman–Crippen LogP) is 1.26. The Morgan fingerprint density at radius 1 is 1.54 bits per heavy atom. The summed E-state index contributed by atoms with van der Waals surface area (Å²) in [4.78, 5) is 0. The maximum absolute atomic E-state index is 11.5. The lowest BCUT2D eigenvalue weighted by Gasteiger charge is -2.01. The average molecular weight is 219 g/mol. The first-order valence-electron chi connectivity index (χ1n) is 4.05. The van der Waals surface area contributed by atoms with Crippen molar-refractivity contribution in [1.82, 2.24) is 5.32 Å². The molecule has 5 heteroatoms. The van der Waals surface area contributed by atoms with Gasteiger partial charge in [-0.3, -0.25) is 0 Å². The molecule has 1 N–H and O–H groups in total. The highest BCUT2D eigenvalue weighted by Crippen LogP contribution is 2.23. The molecule has 1 rings (SSSR count). The largest absolute Gasteiger partial charge is 0.316 e. The van der Waals surface area contributed by atoms with Crippen LogP contribution in [0.4, 0.5) is 0 Å². The smallest absolute Gasteiger partial charge is 0.187 e. The zero-order valence-corrected chi connectivity index (χ0v) is 9.33. The SMILES string of the molecule is CCS(=O)(=O)c1sccc1CNC. The van der Waals surface area contributed by atoms with Gasteiger partial charge in [0.05, 0.1) is 5.75 Å². The van der Waals surface area contributed by atoms with Gasteiger partial charge in [0.25, 0.3) is 0 Å². The highest BCUT2D eigenvalue weighted by atomic mass is 32.2. The minimum Gasteiger partial charge on any atom is -0.316 e. The minimum atomic E-state index is -3.03. The maximum Gasteiger partial charge on any atom is 0.187 e. The van der Waals surface area contributed by atoms with Crippen LogP contribution in [0.5, 0.6) is 0 Å². The van der Waals surface area contributed by atoms with Crippen molar-refractivity contribution in [2.24, 2.45) is 0 Å². The fraction of sp³-hybridized carbons (Fsp3) is 0.500. The van der Waals surface area contributed by atoms with Crippen LogP contribution in [0.1, 0.15) is 12.5 Å². The summed E-state index contributed by atoms with van der Waals surface area (Å²) in [6.07, 6.45) is 0. The first-order valence-corrected chi connectivity index (χ1v) is 6.58. The highest BCUT2D eigenvalue weighted by molar-refractivity contribution is 7.93. The summed E-state index contributed by atoms with van der Waals surface area (Å²) in [6, 6.07) is 1.85. The summed E-state index contributed by atoms with van der Waals surface area (Å²) in [5, 5.41) is 4.76. The summed E-state index contributed by atoms with van der Waals surface area (Å²) < 4.78 is 23.6. The fourth-order valence-corrected chi connectivity index (χ4v) is 3.60. The number of thiophene rings is 1. The Labute approximate surface area is 82.7 Å². The van der Waals surface area contributed by atoms with E-state index in [4.69, 9.17) is 0 Å². The zero-order chi connectivity index (χ0) is 9.90.